The number of nitrogens with zero attached hydrogens (tertiary/aromatic N) is 3. The lowest BCUT2D eigenvalue weighted by atomic mass is 10.0. The van der Waals surface area contributed by atoms with Crippen molar-refractivity contribution in [3.63, 3.8) is 0 Å². The molecule has 1 saturated heterocycles. The Balaban J connectivity index is 1.49. The van der Waals surface area contributed by atoms with Crippen molar-refractivity contribution in [2.24, 2.45) is 10.9 Å². The maximum absolute atomic E-state index is 15.6. The lowest BCUT2D eigenvalue weighted by Crippen LogP contribution is -2.49. The zero-order valence-corrected chi connectivity index (χ0v) is 21.0. The SMILES string of the molecule is COc1c(N2CC/C(=N/Oc3ccc(C)c(C)c3)C(N)C2)c(F)cc2c(=O)c(C(=O)O)cn(C3CC3)c12. The number of carboxylic acids is 1. The van der Waals surface area contributed by atoms with Gasteiger partial charge in [-0.2, -0.15) is 0 Å². The summed E-state index contributed by atoms with van der Waals surface area (Å²) in [5, 5.41) is 13.8. The number of carbonyl (C=O) groups is 1. The molecule has 194 valence electrons. The number of aryl methyl sites for hydroxylation is 2. The second-order valence-corrected chi connectivity index (χ2v) is 9.67. The topological polar surface area (TPSA) is 119 Å². The number of benzene rings is 2. The molecule has 2 heterocycles. The van der Waals surface area contributed by atoms with Crippen LogP contribution in [0.2, 0.25) is 0 Å². The summed E-state index contributed by atoms with van der Waals surface area (Å²) in [7, 11) is 1.42. The van der Waals surface area contributed by atoms with Gasteiger partial charge in [0.2, 0.25) is 5.43 Å². The molecular formula is C27H29FN4O5. The Hall–Kier alpha value is -3.92. The van der Waals surface area contributed by atoms with Crippen LogP contribution in [0.15, 0.2) is 40.4 Å². The van der Waals surface area contributed by atoms with Crippen molar-refractivity contribution in [1.82, 2.24) is 4.57 Å². The molecule has 3 aromatic rings. The summed E-state index contributed by atoms with van der Waals surface area (Å²) in [4.78, 5) is 32.0. The highest BCUT2D eigenvalue weighted by atomic mass is 19.1. The number of aromatic carboxylic acids is 1. The third kappa shape index (κ3) is 4.53. The maximum Gasteiger partial charge on any atom is 0.341 e. The van der Waals surface area contributed by atoms with E-state index in [9.17, 15) is 14.7 Å². The molecule has 0 radical (unpaired) electrons. The first-order valence-corrected chi connectivity index (χ1v) is 12.2. The Labute approximate surface area is 212 Å². The van der Waals surface area contributed by atoms with Crippen molar-refractivity contribution in [3.05, 3.63) is 63.2 Å². The summed E-state index contributed by atoms with van der Waals surface area (Å²) in [5.74, 6) is -1.21. The van der Waals surface area contributed by atoms with Crippen molar-refractivity contribution >= 4 is 28.3 Å². The van der Waals surface area contributed by atoms with Gasteiger partial charge in [0.15, 0.2) is 17.3 Å². The molecule has 1 aliphatic heterocycles. The fourth-order valence-electron chi connectivity index (χ4n) is 4.79. The fraction of sp³-hybridized carbons (Fsp3) is 0.370. The van der Waals surface area contributed by atoms with Crippen LogP contribution in [0, 0.1) is 19.7 Å². The summed E-state index contributed by atoms with van der Waals surface area (Å²) >= 11 is 0. The number of carboxylic acid groups (broad SMARTS) is 1. The number of nitrogens with two attached hydrogens (primary N) is 1. The Morgan fingerprint density at radius 3 is 2.59 bits per heavy atom. The molecule has 1 unspecified atom stereocenters. The zero-order valence-electron chi connectivity index (χ0n) is 21.0. The van der Waals surface area contributed by atoms with E-state index in [1.54, 1.807) is 9.47 Å². The first-order chi connectivity index (χ1) is 17.7. The number of hydrogen-bond acceptors (Lipinski definition) is 7. The Morgan fingerprint density at radius 2 is 1.97 bits per heavy atom. The second-order valence-electron chi connectivity index (χ2n) is 9.67. The highest BCUT2D eigenvalue weighted by molar-refractivity contribution is 5.98. The average Bonchev–Trinajstić information content (AvgIpc) is 3.70. The minimum absolute atomic E-state index is 0.0183. The van der Waals surface area contributed by atoms with Gasteiger partial charge in [-0.3, -0.25) is 4.79 Å². The standard InChI is InChI=1S/C27H29FN4O5/c1-14-4-7-17(10-15(14)2)37-30-22-8-9-31(13-21(22)29)24-20(28)11-18-23(26(24)36-3)32(16-5-6-16)12-19(25(18)33)27(34)35/h4,7,10-12,16,21H,5-6,8-9,13,29H2,1-3H3,(H,34,35)/b30-22-. The Bertz CT molecular complexity index is 1490. The number of hydrogen-bond donors (Lipinski definition) is 2. The third-order valence-electron chi connectivity index (χ3n) is 7.12. The molecule has 0 bridgehead atoms. The minimum atomic E-state index is -1.35. The van der Waals surface area contributed by atoms with Crippen LogP contribution in [0.5, 0.6) is 11.5 Å². The third-order valence-corrected chi connectivity index (χ3v) is 7.12. The van der Waals surface area contributed by atoms with E-state index in [1.807, 2.05) is 32.0 Å². The Morgan fingerprint density at radius 1 is 1.22 bits per heavy atom. The molecule has 2 aromatic carbocycles. The molecular weight excluding hydrogens is 479 g/mol. The summed E-state index contributed by atoms with van der Waals surface area (Å²) < 4.78 is 23.0. The van der Waals surface area contributed by atoms with Crippen LogP contribution in [0.1, 0.15) is 46.8 Å². The van der Waals surface area contributed by atoms with Crippen molar-refractivity contribution in [3.8, 4) is 11.5 Å². The van der Waals surface area contributed by atoms with E-state index in [0.29, 0.717) is 29.9 Å². The molecule has 3 N–H and O–H groups in total. The van der Waals surface area contributed by atoms with Gasteiger partial charge in [0.25, 0.3) is 0 Å². The number of pyridine rings is 1. The molecule has 0 amide bonds. The number of aromatic nitrogens is 1. The summed E-state index contributed by atoms with van der Waals surface area (Å²) in [6, 6.07) is 6.34. The van der Waals surface area contributed by atoms with Crippen molar-refractivity contribution in [2.75, 3.05) is 25.1 Å². The van der Waals surface area contributed by atoms with Gasteiger partial charge in [0, 0.05) is 31.7 Å². The first-order valence-electron chi connectivity index (χ1n) is 12.2. The summed E-state index contributed by atoms with van der Waals surface area (Å²) in [6.45, 7) is 4.68. The molecule has 1 saturated carbocycles. The van der Waals surface area contributed by atoms with E-state index < -0.39 is 28.8 Å². The number of ether oxygens (including phenoxy) is 1. The van der Waals surface area contributed by atoms with Gasteiger partial charge in [-0.05, 0) is 56.0 Å². The smallest absolute Gasteiger partial charge is 0.341 e. The van der Waals surface area contributed by atoms with Crippen molar-refractivity contribution in [2.45, 2.75) is 45.2 Å². The van der Waals surface area contributed by atoms with Crippen molar-refractivity contribution < 1.29 is 23.9 Å². The van der Waals surface area contributed by atoms with E-state index in [2.05, 4.69) is 5.16 Å². The molecule has 1 aromatic heterocycles. The largest absolute Gasteiger partial charge is 0.492 e. The summed E-state index contributed by atoms with van der Waals surface area (Å²) in [5.41, 5.74) is 8.77. The van der Waals surface area contributed by atoms with E-state index >= 15 is 4.39 Å². The van der Waals surface area contributed by atoms with Crippen LogP contribution in [0.3, 0.4) is 0 Å². The van der Waals surface area contributed by atoms with Crippen LogP contribution >= 0.6 is 0 Å². The van der Waals surface area contributed by atoms with E-state index in [4.69, 9.17) is 15.3 Å². The Kier molecular flexibility index (Phi) is 6.36. The van der Waals surface area contributed by atoms with Gasteiger partial charge in [-0.1, -0.05) is 11.2 Å². The van der Waals surface area contributed by atoms with Crippen LogP contribution < -0.4 is 25.6 Å². The number of halogens is 1. The molecule has 1 atom stereocenters. The molecule has 0 spiro atoms. The van der Waals surface area contributed by atoms with Gasteiger partial charge < -0.3 is 29.9 Å². The lowest BCUT2D eigenvalue weighted by Gasteiger charge is -2.34. The van der Waals surface area contributed by atoms with Crippen LogP contribution in [-0.2, 0) is 0 Å². The van der Waals surface area contributed by atoms with Crippen LogP contribution in [-0.4, -0.2) is 47.6 Å². The number of anilines is 1. The number of methoxy groups -OCH3 is 1. The maximum atomic E-state index is 15.6. The quantitative estimate of drug-likeness (QED) is 0.487. The van der Waals surface area contributed by atoms with Gasteiger partial charge >= 0.3 is 5.97 Å². The predicted molar refractivity (Wildman–Crippen MR) is 139 cm³/mol. The van der Waals surface area contributed by atoms with Gasteiger partial charge in [0.1, 0.15) is 11.3 Å². The lowest BCUT2D eigenvalue weighted by molar-refractivity contribution is 0.0694. The number of fused-ring (bicyclic) bond motifs is 1. The minimum Gasteiger partial charge on any atom is -0.492 e. The number of oxime groups is 1. The molecule has 2 aliphatic rings. The molecule has 1 aliphatic carbocycles. The monoisotopic (exact) mass is 508 g/mol. The average molecular weight is 509 g/mol. The molecule has 10 heteroatoms. The first kappa shape index (κ1) is 24.8. The van der Waals surface area contributed by atoms with E-state index in [0.717, 1.165) is 30.0 Å². The zero-order chi connectivity index (χ0) is 26.4. The normalized spacial score (nSPS) is 18.9. The second kappa shape index (κ2) is 9.51. The van der Waals surface area contributed by atoms with Gasteiger partial charge in [0.05, 0.1) is 29.8 Å². The highest BCUT2D eigenvalue weighted by Gasteiger charge is 2.33. The molecule has 2 fully saturated rings. The molecule has 9 nitrogen and oxygen atoms in total. The van der Waals surface area contributed by atoms with Gasteiger partial charge in [-0.15, -0.1) is 0 Å². The predicted octanol–water partition coefficient (Wildman–Crippen LogP) is 3.77. The van der Waals surface area contributed by atoms with Gasteiger partial charge in [-0.25, -0.2) is 9.18 Å². The molecule has 37 heavy (non-hydrogen) atoms. The van der Waals surface area contributed by atoms with E-state index in [-0.39, 0.29) is 29.4 Å². The summed E-state index contributed by atoms with van der Waals surface area (Å²) in [6.07, 6.45) is 3.45. The van der Waals surface area contributed by atoms with Crippen molar-refractivity contribution in [1.29, 1.82) is 0 Å². The fourth-order valence-corrected chi connectivity index (χ4v) is 4.79. The van der Waals surface area contributed by atoms with Crippen LogP contribution in [0.25, 0.3) is 10.9 Å². The highest BCUT2D eigenvalue weighted by Crippen LogP contribution is 2.44. The number of piperidine rings is 1. The van der Waals surface area contributed by atoms with E-state index in [1.165, 1.54) is 13.3 Å². The molecule has 5 rings (SSSR count). The van der Waals surface area contributed by atoms with Crippen LogP contribution in [0.4, 0.5) is 10.1 Å². The number of rotatable bonds is 6.